The van der Waals surface area contributed by atoms with Crippen molar-refractivity contribution in [2.45, 2.75) is 38.0 Å². The second kappa shape index (κ2) is 8.64. The molecule has 28 heavy (non-hydrogen) atoms. The van der Waals surface area contributed by atoms with E-state index in [1.165, 1.54) is 30.3 Å². The van der Waals surface area contributed by atoms with E-state index >= 15 is 0 Å². The smallest absolute Gasteiger partial charge is 0.189 e. The number of pyridine rings is 1. The van der Waals surface area contributed by atoms with Gasteiger partial charge >= 0.3 is 0 Å². The highest BCUT2D eigenvalue weighted by Crippen LogP contribution is 2.32. The Kier molecular flexibility index (Phi) is 6.63. The van der Waals surface area contributed by atoms with Gasteiger partial charge in [0.2, 0.25) is 0 Å². The fourth-order valence-electron chi connectivity index (χ4n) is 2.63. The van der Waals surface area contributed by atoms with Gasteiger partial charge in [-0.3, -0.25) is 4.72 Å². The van der Waals surface area contributed by atoms with E-state index in [1.54, 1.807) is 6.07 Å². The molecule has 0 radical (unpaired) electrons. The van der Waals surface area contributed by atoms with Gasteiger partial charge < -0.3 is 0 Å². The fourth-order valence-corrected chi connectivity index (χ4v) is 4.22. The summed E-state index contributed by atoms with van der Waals surface area (Å²) in [5.74, 6) is -1.27. The first-order chi connectivity index (χ1) is 13.2. The van der Waals surface area contributed by atoms with Gasteiger partial charge in [0.25, 0.3) is 0 Å². The second-order valence-corrected chi connectivity index (χ2v) is 10.2. The Hall–Kier alpha value is -1.23. The monoisotopic (exact) mass is 490 g/mol. The first kappa shape index (κ1) is 21.5. The van der Waals surface area contributed by atoms with Crippen molar-refractivity contribution in [2.75, 3.05) is 0 Å². The maximum atomic E-state index is 13.7. The summed E-state index contributed by atoms with van der Waals surface area (Å²) in [5, 5.41) is 4.62. The lowest BCUT2D eigenvalue weighted by molar-refractivity contribution is 0.572. The summed E-state index contributed by atoms with van der Waals surface area (Å²) in [6, 6.07) is 4.87. The highest BCUT2D eigenvalue weighted by atomic mass is 79.9. The van der Waals surface area contributed by atoms with Gasteiger partial charge in [-0.15, -0.1) is 3.89 Å². The molecule has 0 saturated carbocycles. The van der Waals surface area contributed by atoms with Crippen LogP contribution in [-0.4, -0.2) is 18.9 Å². The lowest BCUT2D eigenvalue weighted by Crippen LogP contribution is -2.24. The van der Waals surface area contributed by atoms with Crippen molar-refractivity contribution in [1.82, 2.24) is 18.9 Å². The molecule has 0 saturated heterocycles. The molecule has 4 nitrogen and oxygen atoms in total. The molecule has 0 fully saturated rings. The average Bonchev–Trinajstić information content (AvgIpc) is 2.98. The van der Waals surface area contributed by atoms with E-state index < -0.39 is 11.6 Å². The summed E-state index contributed by atoms with van der Waals surface area (Å²) in [6.45, 7) is 6.14. The third-order valence-electron chi connectivity index (χ3n) is 3.76. The molecule has 0 aliphatic rings. The van der Waals surface area contributed by atoms with E-state index in [9.17, 15) is 12.7 Å². The van der Waals surface area contributed by atoms with Crippen LogP contribution in [0.2, 0.25) is 0 Å². The fraction of sp³-hybridized carbons (Fsp3) is 0.333. The van der Waals surface area contributed by atoms with E-state index in [0.717, 1.165) is 10.2 Å². The number of rotatable bonds is 6. The predicted molar refractivity (Wildman–Crippen MR) is 113 cm³/mol. The van der Waals surface area contributed by atoms with Gasteiger partial charge in [0.1, 0.15) is 11.6 Å². The van der Waals surface area contributed by atoms with Crippen molar-refractivity contribution >= 4 is 51.2 Å². The van der Waals surface area contributed by atoms with Gasteiger partial charge in [0.05, 0.1) is 17.9 Å². The van der Waals surface area contributed by atoms with Crippen molar-refractivity contribution in [3.63, 3.8) is 0 Å². The Balaban J connectivity index is 2.02. The zero-order chi connectivity index (χ0) is 20.5. The lowest BCUT2D eigenvalue weighted by Gasteiger charge is -2.25. The number of hydrogen-bond acceptors (Lipinski definition) is 5. The molecule has 0 spiro atoms. The van der Waals surface area contributed by atoms with Crippen LogP contribution >= 0.6 is 40.2 Å². The zero-order valence-corrected chi connectivity index (χ0v) is 18.6. The van der Waals surface area contributed by atoms with Gasteiger partial charge in [-0.25, -0.2) is 13.8 Å². The van der Waals surface area contributed by atoms with Crippen LogP contribution in [0, 0.1) is 11.6 Å². The first-order valence-corrected chi connectivity index (χ1v) is 10.7. The van der Waals surface area contributed by atoms with Crippen LogP contribution in [0.25, 0.3) is 11.0 Å². The Bertz CT molecular complexity index is 971. The van der Waals surface area contributed by atoms with Gasteiger partial charge in [0, 0.05) is 20.7 Å². The molecular weight excluding hydrogens is 473 g/mol. The minimum absolute atomic E-state index is 0.0403. The molecule has 0 aliphatic heterocycles. The third kappa shape index (κ3) is 5.22. The maximum Gasteiger partial charge on any atom is 0.189 e. The Morgan fingerprint density at radius 2 is 1.86 bits per heavy atom. The molecule has 10 heteroatoms. The summed E-state index contributed by atoms with van der Waals surface area (Å²) >= 11 is 4.96. The van der Waals surface area contributed by atoms with Crippen molar-refractivity contribution in [1.29, 1.82) is 0 Å². The quantitative estimate of drug-likeness (QED) is 0.418. The molecule has 2 heterocycles. The van der Waals surface area contributed by atoms with Crippen LogP contribution in [0.15, 0.2) is 34.9 Å². The van der Waals surface area contributed by atoms with Gasteiger partial charge in [0.15, 0.2) is 18.0 Å². The number of nitrogens with one attached hydrogen (secondary N) is 1. The first-order valence-electron chi connectivity index (χ1n) is 8.38. The number of nitrogens with zero attached hydrogens (tertiary/aromatic N) is 3. The molecule has 0 bridgehead atoms. The Morgan fingerprint density at radius 1 is 1.18 bits per heavy atom. The minimum atomic E-state index is -0.633. The molecule has 0 aliphatic carbocycles. The van der Waals surface area contributed by atoms with Crippen molar-refractivity contribution < 1.29 is 12.7 Å². The molecule has 2 aromatic heterocycles. The average molecular weight is 491 g/mol. The topological polar surface area (TPSA) is 42.7 Å². The summed E-state index contributed by atoms with van der Waals surface area (Å²) in [5.41, 5.74) is 1.47. The minimum Gasteiger partial charge on any atom is -0.254 e. The summed E-state index contributed by atoms with van der Waals surface area (Å²) in [6.07, 6.45) is 1.82. The standard InChI is InChI=1S/C18H18BrF3N4S2/c1-18(2,3)27-25-15(6-10-4-12(20)8-13(21)5-10)16-14(19)7-11-9-23-26(28-22)17(11)24-16/h4-5,7-9,15,25H,6H2,1-3H3. The molecule has 1 atom stereocenters. The second-order valence-electron chi connectivity index (χ2n) is 7.22. The number of fused-ring (bicyclic) bond motifs is 1. The number of halogens is 4. The Morgan fingerprint density at radius 3 is 2.46 bits per heavy atom. The van der Waals surface area contributed by atoms with Gasteiger partial charge in [-0.2, -0.15) is 9.19 Å². The number of aromatic nitrogens is 3. The molecule has 0 amide bonds. The molecule has 1 N–H and O–H groups in total. The summed E-state index contributed by atoms with van der Waals surface area (Å²) < 4.78 is 45.5. The molecule has 1 unspecified atom stereocenters. The van der Waals surface area contributed by atoms with Crippen LogP contribution in [-0.2, 0) is 6.42 Å². The van der Waals surface area contributed by atoms with E-state index in [-0.39, 0.29) is 23.1 Å². The summed E-state index contributed by atoms with van der Waals surface area (Å²) in [4.78, 5) is 4.58. The Labute approximate surface area is 178 Å². The SMILES string of the molecule is CC(C)(C)SNC(Cc1cc(F)cc(F)c1)c1nc2c(cnn2SF)cc1Br. The van der Waals surface area contributed by atoms with Crippen LogP contribution in [0.4, 0.5) is 12.7 Å². The van der Waals surface area contributed by atoms with E-state index in [4.69, 9.17) is 0 Å². The van der Waals surface area contributed by atoms with E-state index in [0.29, 0.717) is 33.2 Å². The lowest BCUT2D eigenvalue weighted by atomic mass is 10.0. The molecule has 3 rings (SSSR count). The number of hydrogen-bond donors (Lipinski definition) is 1. The van der Waals surface area contributed by atoms with Crippen LogP contribution in [0.1, 0.15) is 38.1 Å². The normalized spacial score (nSPS) is 13.2. The summed E-state index contributed by atoms with van der Waals surface area (Å²) in [7, 11) is 0. The highest BCUT2D eigenvalue weighted by Gasteiger charge is 2.23. The molecule has 150 valence electrons. The highest BCUT2D eigenvalue weighted by molar-refractivity contribution is 9.10. The third-order valence-corrected chi connectivity index (χ3v) is 5.81. The van der Waals surface area contributed by atoms with Crippen LogP contribution in [0.5, 0.6) is 0 Å². The van der Waals surface area contributed by atoms with E-state index in [2.05, 4.69) is 30.7 Å². The van der Waals surface area contributed by atoms with Crippen LogP contribution < -0.4 is 4.72 Å². The molecule has 3 aromatic rings. The predicted octanol–water partition coefficient (Wildman–Crippen LogP) is 6.17. The van der Waals surface area contributed by atoms with Crippen molar-refractivity contribution in [3.05, 3.63) is 57.8 Å². The van der Waals surface area contributed by atoms with Crippen LogP contribution in [0.3, 0.4) is 0 Å². The molecule has 1 aromatic carbocycles. The number of benzene rings is 1. The molecular formula is C18H18BrF3N4S2. The van der Waals surface area contributed by atoms with Gasteiger partial charge in [-0.1, -0.05) is 11.9 Å². The van der Waals surface area contributed by atoms with E-state index in [1.807, 2.05) is 20.8 Å². The largest absolute Gasteiger partial charge is 0.254 e. The van der Waals surface area contributed by atoms with Crippen molar-refractivity contribution in [3.8, 4) is 0 Å². The maximum absolute atomic E-state index is 13.7. The zero-order valence-electron chi connectivity index (χ0n) is 15.3. The van der Waals surface area contributed by atoms with Crippen molar-refractivity contribution in [2.24, 2.45) is 0 Å². The van der Waals surface area contributed by atoms with Gasteiger partial charge in [-0.05, 0) is 66.9 Å².